The van der Waals surface area contributed by atoms with Crippen LogP contribution in [0.25, 0.3) is 11.1 Å². The Kier molecular flexibility index (Phi) is 8.66. The molecule has 0 amide bonds. The third kappa shape index (κ3) is 6.23. The summed E-state index contributed by atoms with van der Waals surface area (Å²) in [6.45, 7) is 6.30. The van der Waals surface area contributed by atoms with Gasteiger partial charge in [0.1, 0.15) is 12.4 Å². The van der Waals surface area contributed by atoms with Crippen LogP contribution in [0.1, 0.15) is 54.4 Å². The molecule has 37 heavy (non-hydrogen) atoms. The summed E-state index contributed by atoms with van der Waals surface area (Å²) < 4.78 is 60.2. The van der Waals surface area contributed by atoms with Gasteiger partial charge >= 0.3 is 5.97 Å². The van der Waals surface area contributed by atoms with E-state index in [2.05, 4.69) is 6.58 Å². The first-order chi connectivity index (χ1) is 17.9. The van der Waals surface area contributed by atoms with Gasteiger partial charge in [0.2, 0.25) is 0 Å². The number of esters is 1. The van der Waals surface area contributed by atoms with E-state index in [1.165, 1.54) is 42.5 Å². The molecular weight excluding hydrogens is 481 g/mol. The lowest BCUT2D eigenvalue weighted by atomic mass is 9.82. The van der Waals surface area contributed by atoms with Gasteiger partial charge in [0.15, 0.2) is 23.2 Å². The molecule has 0 atom stereocenters. The van der Waals surface area contributed by atoms with Crippen molar-refractivity contribution in [2.75, 3.05) is 13.2 Å². The van der Waals surface area contributed by atoms with Crippen LogP contribution in [0.2, 0.25) is 0 Å². The topological polar surface area (TPSA) is 44.8 Å². The van der Waals surface area contributed by atoms with Gasteiger partial charge in [-0.3, -0.25) is 0 Å². The smallest absolute Gasteiger partial charge is 0.346 e. The number of hydrogen-bond donors (Lipinski definition) is 0. The normalized spacial score (nSPS) is 17.3. The van der Waals surface area contributed by atoms with E-state index in [9.17, 15) is 18.0 Å². The minimum atomic E-state index is -1.21. The lowest BCUT2D eigenvalue weighted by Gasteiger charge is -2.29. The molecule has 0 saturated heterocycles. The molecule has 0 N–H and O–H groups in total. The predicted molar refractivity (Wildman–Crippen MR) is 135 cm³/mol. The molecule has 1 aliphatic rings. The van der Waals surface area contributed by atoms with Crippen molar-refractivity contribution in [3.63, 3.8) is 0 Å². The molecule has 1 fully saturated rings. The highest BCUT2D eigenvalue weighted by Gasteiger charge is 2.28. The Bertz CT molecular complexity index is 1250. The third-order valence-corrected chi connectivity index (χ3v) is 6.54. The molecule has 7 heteroatoms. The summed E-state index contributed by atoms with van der Waals surface area (Å²) in [5.41, 5.74) is 1.09. The van der Waals surface area contributed by atoms with E-state index < -0.39 is 29.0 Å². The Balaban J connectivity index is 1.42. The Labute approximate surface area is 214 Å². The second-order valence-electron chi connectivity index (χ2n) is 8.92. The summed E-state index contributed by atoms with van der Waals surface area (Å²) in [5, 5.41) is 0. The number of ether oxygens (including phenoxy) is 3. The van der Waals surface area contributed by atoms with Gasteiger partial charge in [-0.05, 0) is 85.5 Å². The average Bonchev–Trinajstić information content (AvgIpc) is 2.90. The second-order valence-corrected chi connectivity index (χ2v) is 8.92. The quantitative estimate of drug-likeness (QED) is 0.169. The molecule has 1 saturated carbocycles. The fourth-order valence-electron chi connectivity index (χ4n) is 4.64. The molecular formula is C30H29F3O4. The van der Waals surface area contributed by atoms with Gasteiger partial charge in [-0.15, -0.1) is 0 Å². The van der Waals surface area contributed by atoms with Crippen LogP contribution in [0.5, 0.6) is 11.5 Å². The maximum atomic E-state index is 14.9. The van der Waals surface area contributed by atoms with Gasteiger partial charge in [0.05, 0.1) is 11.7 Å². The van der Waals surface area contributed by atoms with Gasteiger partial charge in [-0.1, -0.05) is 36.9 Å². The van der Waals surface area contributed by atoms with Crippen molar-refractivity contribution >= 4 is 5.97 Å². The molecule has 194 valence electrons. The van der Waals surface area contributed by atoms with Crippen molar-refractivity contribution in [1.29, 1.82) is 0 Å². The minimum Gasteiger partial charge on any atom is -0.486 e. The fourth-order valence-corrected chi connectivity index (χ4v) is 4.64. The molecule has 0 aromatic heterocycles. The molecule has 4 nitrogen and oxygen atoms in total. The summed E-state index contributed by atoms with van der Waals surface area (Å²) in [6.07, 6.45) is 4.66. The van der Waals surface area contributed by atoms with Crippen LogP contribution in [0.4, 0.5) is 13.2 Å². The summed E-state index contributed by atoms with van der Waals surface area (Å²) in [6, 6.07) is 13.6. The van der Waals surface area contributed by atoms with Crippen molar-refractivity contribution in [2.24, 2.45) is 0 Å². The summed E-state index contributed by atoms with van der Waals surface area (Å²) in [4.78, 5) is 12.6. The molecule has 1 aliphatic carbocycles. The van der Waals surface area contributed by atoms with Crippen LogP contribution in [-0.4, -0.2) is 25.3 Å². The number of rotatable bonds is 9. The highest BCUT2D eigenvalue weighted by atomic mass is 19.2. The number of benzene rings is 3. The minimum absolute atomic E-state index is 0.115. The summed E-state index contributed by atoms with van der Waals surface area (Å²) in [7, 11) is 0. The maximum absolute atomic E-state index is 14.9. The van der Waals surface area contributed by atoms with Crippen molar-refractivity contribution in [3.05, 3.63) is 95.8 Å². The van der Waals surface area contributed by atoms with Crippen molar-refractivity contribution in [1.82, 2.24) is 0 Å². The lowest BCUT2D eigenvalue weighted by Crippen LogP contribution is -2.22. The molecule has 0 heterocycles. The standard InChI is InChI=1S/C30H29F3O4/c1-3-17-36-27-16-9-21(18-26(27)31)19-5-12-23(13-6-19)37-30(34)25-15-14-24(28(32)29(25)33)20-7-10-22(11-8-20)35-4-2/h3,5-6,9,12-16,18,20,22H,1,4,7-8,10-11,17H2,2H3. The Morgan fingerprint density at radius 3 is 2.30 bits per heavy atom. The van der Waals surface area contributed by atoms with Gasteiger partial charge in [-0.25, -0.2) is 18.0 Å². The van der Waals surface area contributed by atoms with Crippen LogP contribution in [0.15, 0.2) is 67.3 Å². The third-order valence-electron chi connectivity index (χ3n) is 6.54. The monoisotopic (exact) mass is 510 g/mol. The SMILES string of the molecule is C=CCOc1ccc(-c2ccc(OC(=O)c3ccc(C4CCC(OCC)CC4)c(F)c3F)cc2)cc1F. The first kappa shape index (κ1) is 26.5. The van der Waals surface area contributed by atoms with E-state index in [-0.39, 0.29) is 35.7 Å². The van der Waals surface area contributed by atoms with E-state index in [1.54, 1.807) is 18.2 Å². The van der Waals surface area contributed by atoms with Crippen molar-refractivity contribution < 1.29 is 32.2 Å². The van der Waals surface area contributed by atoms with E-state index >= 15 is 0 Å². The van der Waals surface area contributed by atoms with Gasteiger partial charge in [0.25, 0.3) is 0 Å². The molecule has 3 aromatic carbocycles. The van der Waals surface area contributed by atoms with Crippen molar-refractivity contribution in [3.8, 4) is 22.6 Å². The molecule has 0 aliphatic heterocycles. The van der Waals surface area contributed by atoms with Crippen LogP contribution < -0.4 is 9.47 Å². The van der Waals surface area contributed by atoms with Crippen LogP contribution in [-0.2, 0) is 4.74 Å². The zero-order chi connectivity index (χ0) is 26.4. The molecule has 4 rings (SSSR count). The fraction of sp³-hybridized carbons (Fsp3) is 0.300. The first-order valence-electron chi connectivity index (χ1n) is 12.4. The number of carbonyl (C=O) groups is 1. The number of carbonyl (C=O) groups excluding carboxylic acids is 1. The summed E-state index contributed by atoms with van der Waals surface area (Å²) >= 11 is 0. The van der Waals surface area contributed by atoms with Crippen molar-refractivity contribution in [2.45, 2.75) is 44.6 Å². The molecule has 0 radical (unpaired) electrons. The van der Waals surface area contributed by atoms with Gasteiger partial charge in [-0.2, -0.15) is 0 Å². The molecule has 0 unspecified atom stereocenters. The summed E-state index contributed by atoms with van der Waals surface area (Å²) in [5.74, 6) is -3.57. The molecule has 3 aromatic rings. The largest absolute Gasteiger partial charge is 0.486 e. The average molecular weight is 511 g/mol. The second kappa shape index (κ2) is 12.1. The molecule has 0 spiro atoms. The number of halogens is 3. The predicted octanol–water partition coefficient (Wildman–Crippen LogP) is 7.62. The van der Waals surface area contributed by atoms with Crippen LogP contribution in [0, 0.1) is 17.5 Å². The molecule has 0 bridgehead atoms. The van der Waals surface area contributed by atoms with Gasteiger partial charge < -0.3 is 14.2 Å². The van der Waals surface area contributed by atoms with E-state index in [4.69, 9.17) is 14.2 Å². The highest BCUT2D eigenvalue weighted by molar-refractivity contribution is 5.91. The Hall–Kier alpha value is -3.58. The van der Waals surface area contributed by atoms with E-state index in [0.717, 1.165) is 12.8 Å². The number of hydrogen-bond acceptors (Lipinski definition) is 4. The zero-order valence-corrected chi connectivity index (χ0v) is 20.6. The zero-order valence-electron chi connectivity index (χ0n) is 20.6. The first-order valence-corrected chi connectivity index (χ1v) is 12.4. The maximum Gasteiger partial charge on any atom is 0.346 e. The van der Waals surface area contributed by atoms with E-state index in [0.29, 0.717) is 30.6 Å². The highest BCUT2D eigenvalue weighted by Crippen LogP contribution is 2.36. The van der Waals surface area contributed by atoms with E-state index in [1.807, 2.05) is 6.92 Å². The van der Waals surface area contributed by atoms with Gasteiger partial charge in [0, 0.05) is 6.61 Å². The van der Waals surface area contributed by atoms with Crippen LogP contribution in [0.3, 0.4) is 0 Å². The van der Waals surface area contributed by atoms with Crippen LogP contribution >= 0.6 is 0 Å². The lowest BCUT2D eigenvalue weighted by molar-refractivity contribution is 0.0325. The Morgan fingerprint density at radius 2 is 1.65 bits per heavy atom. The Morgan fingerprint density at radius 1 is 0.946 bits per heavy atom.